The minimum absolute atomic E-state index is 0.829. The summed E-state index contributed by atoms with van der Waals surface area (Å²) in [6, 6.07) is 0.829. The van der Waals surface area contributed by atoms with Gasteiger partial charge in [-0.25, -0.2) is 0 Å². The molecule has 9 heavy (non-hydrogen) atoms. The molecule has 2 rings (SSSR count). The van der Waals surface area contributed by atoms with E-state index in [1.165, 1.54) is 26.1 Å². The minimum atomic E-state index is 0.829. The van der Waals surface area contributed by atoms with E-state index in [-0.39, 0.29) is 0 Å². The molecule has 2 fully saturated rings. The molecule has 0 spiro atoms. The van der Waals surface area contributed by atoms with E-state index in [9.17, 15) is 0 Å². The van der Waals surface area contributed by atoms with Gasteiger partial charge in [-0.05, 0) is 25.9 Å². The van der Waals surface area contributed by atoms with Crippen LogP contribution in [0.2, 0.25) is 0 Å². The predicted molar refractivity (Wildman–Crippen MR) is 37.4 cm³/mol. The molecule has 52 valence electrons. The third-order valence-corrected chi connectivity index (χ3v) is 2.55. The van der Waals surface area contributed by atoms with Crippen LogP contribution in [0.25, 0.3) is 0 Å². The minimum Gasteiger partial charge on any atom is -0.312 e. The monoisotopic (exact) mass is 126 g/mol. The molecule has 0 amide bonds. The highest BCUT2D eigenvalue weighted by Crippen LogP contribution is 2.22. The van der Waals surface area contributed by atoms with E-state index in [2.05, 4.69) is 17.3 Å². The fourth-order valence-electron chi connectivity index (χ4n) is 2.06. The zero-order valence-electron chi connectivity index (χ0n) is 5.93. The average molecular weight is 126 g/mol. The van der Waals surface area contributed by atoms with Gasteiger partial charge in [0.05, 0.1) is 0 Å². The van der Waals surface area contributed by atoms with Gasteiger partial charge in [-0.1, -0.05) is 0 Å². The number of hydrogen-bond donors (Lipinski definition) is 1. The molecule has 2 heterocycles. The fraction of sp³-hybridized carbons (Fsp3) is 1.00. The maximum absolute atomic E-state index is 3.51. The Labute approximate surface area is 56.2 Å². The smallest absolute Gasteiger partial charge is 0.0235 e. The number of nitrogens with zero attached hydrogens (tertiary/aromatic N) is 1. The quantitative estimate of drug-likeness (QED) is 0.488. The van der Waals surface area contributed by atoms with Crippen molar-refractivity contribution in [1.82, 2.24) is 10.2 Å². The summed E-state index contributed by atoms with van der Waals surface area (Å²) in [5, 5.41) is 3.51. The average Bonchev–Trinajstić information content (AvgIpc) is 2.22. The first-order chi connectivity index (χ1) is 4.36. The van der Waals surface area contributed by atoms with Crippen LogP contribution in [0.4, 0.5) is 0 Å². The third-order valence-electron chi connectivity index (χ3n) is 2.55. The van der Waals surface area contributed by atoms with Crippen LogP contribution in [0.3, 0.4) is 0 Å². The standard InChI is InChI=1S/C7H14N2/c1-9-4-6-2-3-8-7(6)5-9/h6-8H,2-5H2,1H3/t6-,7?/m0/s1. The summed E-state index contributed by atoms with van der Waals surface area (Å²) in [7, 11) is 2.21. The second-order valence-corrected chi connectivity index (χ2v) is 3.33. The molecule has 0 saturated carbocycles. The second-order valence-electron chi connectivity index (χ2n) is 3.33. The number of likely N-dealkylation sites (N-methyl/N-ethyl adjacent to an activating group) is 1. The van der Waals surface area contributed by atoms with Crippen LogP contribution in [-0.2, 0) is 0 Å². The topological polar surface area (TPSA) is 15.3 Å². The Bertz CT molecular complexity index is 101. The predicted octanol–water partition coefficient (Wildman–Crippen LogP) is -0.0901. The van der Waals surface area contributed by atoms with Gasteiger partial charge >= 0.3 is 0 Å². The molecular weight excluding hydrogens is 112 g/mol. The molecule has 2 atom stereocenters. The number of likely N-dealkylation sites (tertiary alicyclic amines) is 1. The van der Waals surface area contributed by atoms with Gasteiger partial charge in [-0.3, -0.25) is 0 Å². The van der Waals surface area contributed by atoms with Crippen LogP contribution in [0.15, 0.2) is 0 Å². The lowest BCUT2D eigenvalue weighted by molar-refractivity contribution is 0.382. The van der Waals surface area contributed by atoms with Gasteiger partial charge in [0.1, 0.15) is 0 Å². The van der Waals surface area contributed by atoms with E-state index >= 15 is 0 Å². The first-order valence-corrected chi connectivity index (χ1v) is 3.78. The van der Waals surface area contributed by atoms with Crippen molar-refractivity contribution < 1.29 is 0 Å². The molecular formula is C7H14N2. The molecule has 2 nitrogen and oxygen atoms in total. The van der Waals surface area contributed by atoms with E-state index in [0.717, 1.165) is 12.0 Å². The zero-order valence-corrected chi connectivity index (χ0v) is 5.93. The zero-order chi connectivity index (χ0) is 6.27. The SMILES string of the molecule is CN1CC2NCC[C@H]2C1. The Kier molecular flexibility index (Phi) is 1.24. The highest BCUT2D eigenvalue weighted by Gasteiger charge is 2.33. The van der Waals surface area contributed by atoms with Crippen molar-refractivity contribution >= 4 is 0 Å². The highest BCUT2D eigenvalue weighted by molar-refractivity contribution is 4.92. The number of rotatable bonds is 0. The first-order valence-electron chi connectivity index (χ1n) is 3.78. The summed E-state index contributed by atoms with van der Waals surface area (Å²) in [6.45, 7) is 3.84. The summed E-state index contributed by atoms with van der Waals surface area (Å²) < 4.78 is 0. The van der Waals surface area contributed by atoms with Gasteiger partial charge in [0.2, 0.25) is 0 Å². The van der Waals surface area contributed by atoms with Crippen LogP contribution in [0.5, 0.6) is 0 Å². The highest BCUT2D eigenvalue weighted by atomic mass is 15.2. The number of hydrogen-bond acceptors (Lipinski definition) is 2. The molecule has 0 bridgehead atoms. The van der Waals surface area contributed by atoms with Crippen molar-refractivity contribution in [3.8, 4) is 0 Å². The largest absolute Gasteiger partial charge is 0.312 e. The summed E-state index contributed by atoms with van der Waals surface area (Å²) in [6.07, 6.45) is 1.40. The molecule has 2 aliphatic heterocycles. The van der Waals surface area contributed by atoms with Crippen molar-refractivity contribution in [3.05, 3.63) is 0 Å². The molecule has 1 N–H and O–H groups in total. The molecule has 0 aliphatic carbocycles. The van der Waals surface area contributed by atoms with Gasteiger partial charge < -0.3 is 10.2 Å². The lowest BCUT2D eigenvalue weighted by Gasteiger charge is -2.07. The van der Waals surface area contributed by atoms with Crippen molar-refractivity contribution in [3.63, 3.8) is 0 Å². The van der Waals surface area contributed by atoms with Crippen LogP contribution in [-0.4, -0.2) is 37.6 Å². The first kappa shape index (κ1) is 5.69. The van der Waals surface area contributed by atoms with Gasteiger partial charge in [-0.2, -0.15) is 0 Å². The van der Waals surface area contributed by atoms with Crippen LogP contribution in [0, 0.1) is 5.92 Å². The molecule has 0 radical (unpaired) electrons. The van der Waals surface area contributed by atoms with Crippen molar-refractivity contribution in [2.75, 3.05) is 26.7 Å². The lowest BCUT2D eigenvalue weighted by Crippen LogP contribution is -2.28. The van der Waals surface area contributed by atoms with Crippen molar-refractivity contribution in [2.24, 2.45) is 5.92 Å². The van der Waals surface area contributed by atoms with E-state index in [1.807, 2.05) is 0 Å². The number of nitrogens with one attached hydrogen (secondary N) is 1. The van der Waals surface area contributed by atoms with Crippen LogP contribution < -0.4 is 5.32 Å². The summed E-state index contributed by atoms with van der Waals surface area (Å²) in [5.41, 5.74) is 0. The van der Waals surface area contributed by atoms with Gasteiger partial charge in [0.25, 0.3) is 0 Å². The van der Waals surface area contributed by atoms with Gasteiger partial charge in [-0.15, -0.1) is 0 Å². The van der Waals surface area contributed by atoms with Crippen LogP contribution in [0.1, 0.15) is 6.42 Å². The molecule has 0 aromatic carbocycles. The molecule has 0 aromatic rings. The normalized spacial score (nSPS) is 43.7. The van der Waals surface area contributed by atoms with Crippen molar-refractivity contribution in [1.29, 1.82) is 0 Å². The fourth-order valence-corrected chi connectivity index (χ4v) is 2.06. The lowest BCUT2D eigenvalue weighted by atomic mass is 10.1. The van der Waals surface area contributed by atoms with E-state index in [0.29, 0.717) is 0 Å². The summed E-state index contributed by atoms with van der Waals surface area (Å²) in [5.74, 6) is 0.968. The maximum atomic E-state index is 3.51. The van der Waals surface area contributed by atoms with E-state index in [1.54, 1.807) is 0 Å². The third kappa shape index (κ3) is 0.864. The Morgan fingerprint density at radius 2 is 2.33 bits per heavy atom. The van der Waals surface area contributed by atoms with Crippen LogP contribution >= 0.6 is 0 Å². The summed E-state index contributed by atoms with van der Waals surface area (Å²) in [4.78, 5) is 2.42. The van der Waals surface area contributed by atoms with Gasteiger partial charge in [0, 0.05) is 19.1 Å². The molecule has 0 aromatic heterocycles. The Morgan fingerprint density at radius 3 is 3.11 bits per heavy atom. The second kappa shape index (κ2) is 1.96. The van der Waals surface area contributed by atoms with E-state index in [4.69, 9.17) is 0 Å². The molecule has 2 saturated heterocycles. The molecule has 2 heteroatoms. The van der Waals surface area contributed by atoms with E-state index < -0.39 is 0 Å². The maximum Gasteiger partial charge on any atom is 0.0235 e. The Hall–Kier alpha value is -0.0800. The van der Waals surface area contributed by atoms with Crippen molar-refractivity contribution in [2.45, 2.75) is 12.5 Å². The molecule has 2 aliphatic rings. The Balaban J connectivity index is 2.02. The summed E-state index contributed by atoms with van der Waals surface area (Å²) >= 11 is 0. The van der Waals surface area contributed by atoms with Gasteiger partial charge in [0.15, 0.2) is 0 Å². The molecule has 1 unspecified atom stereocenters. The number of fused-ring (bicyclic) bond motifs is 1. The Morgan fingerprint density at radius 1 is 1.44 bits per heavy atom.